The van der Waals surface area contributed by atoms with Gasteiger partial charge in [-0.1, -0.05) is 47.8 Å². The maximum atomic E-state index is 13.0. The molecule has 8 heteroatoms. The minimum absolute atomic E-state index is 0.110. The summed E-state index contributed by atoms with van der Waals surface area (Å²) in [6.07, 6.45) is 1.12. The van der Waals surface area contributed by atoms with Gasteiger partial charge in [0.25, 0.3) is 0 Å². The molecule has 4 nitrogen and oxygen atoms in total. The Morgan fingerprint density at radius 2 is 1.73 bits per heavy atom. The molecule has 0 aliphatic rings. The van der Waals surface area contributed by atoms with Crippen molar-refractivity contribution in [3.05, 3.63) is 63.1 Å². The quantitative estimate of drug-likeness (QED) is 0.414. The van der Waals surface area contributed by atoms with Gasteiger partial charge >= 0.3 is 0 Å². The number of amides is 2. The maximum Gasteiger partial charge on any atom is 0.242 e. The zero-order valence-corrected chi connectivity index (χ0v) is 20.0. The van der Waals surface area contributed by atoms with Crippen LogP contribution in [0, 0.1) is 0 Å². The van der Waals surface area contributed by atoms with E-state index in [0.29, 0.717) is 33.8 Å². The van der Waals surface area contributed by atoms with Gasteiger partial charge in [0.2, 0.25) is 11.8 Å². The zero-order chi connectivity index (χ0) is 22.1. The molecule has 0 fully saturated rings. The summed E-state index contributed by atoms with van der Waals surface area (Å²) in [4.78, 5) is 28.2. The van der Waals surface area contributed by atoms with Crippen LogP contribution in [0.25, 0.3) is 0 Å². The Morgan fingerprint density at radius 3 is 2.37 bits per heavy atom. The number of carbonyl (C=O) groups excluding carboxylic acids is 2. The van der Waals surface area contributed by atoms with Crippen molar-refractivity contribution in [3.8, 4) is 0 Å². The molecule has 2 amide bonds. The molecule has 0 heterocycles. The largest absolute Gasteiger partial charge is 0.354 e. The van der Waals surface area contributed by atoms with Gasteiger partial charge in [-0.25, -0.2) is 0 Å². The van der Waals surface area contributed by atoms with Crippen LogP contribution in [-0.2, 0) is 16.1 Å². The normalized spacial score (nSPS) is 11.8. The second-order valence-electron chi connectivity index (χ2n) is 6.78. The van der Waals surface area contributed by atoms with Gasteiger partial charge in [0.15, 0.2) is 0 Å². The summed E-state index contributed by atoms with van der Waals surface area (Å²) in [5, 5.41) is 4.53. The van der Waals surface area contributed by atoms with Gasteiger partial charge in [0.05, 0.1) is 0 Å². The first-order valence-corrected chi connectivity index (χ1v) is 11.8. The van der Waals surface area contributed by atoms with Gasteiger partial charge in [-0.15, -0.1) is 11.8 Å². The summed E-state index contributed by atoms with van der Waals surface area (Å²) in [6, 6.07) is 12.0. The van der Waals surface area contributed by atoms with Crippen molar-refractivity contribution in [3.63, 3.8) is 0 Å². The zero-order valence-electron chi connectivity index (χ0n) is 17.0. The number of thioether (sulfide) groups is 1. The average molecular weight is 488 g/mol. The van der Waals surface area contributed by atoms with Crippen LogP contribution in [0.3, 0.4) is 0 Å². The highest BCUT2D eigenvalue weighted by Crippen LogP contribution is 2.25. The lowest BCUT2D eigenvalue weighted by atomic mass is 10.1. The average Bonchev–Trinajstić information content (AvgIpc) is 2.72. The molecule has 1 atom stereocenters. The van der Waals surface area contributed by atoms with E-state index in [2.05, 4.69) is 5.32 Å². The number of nitrogens with one attached hydrogen (secondary N) is 1. The van der Waals surface area contributed by atoms with Crippen LogP contribution in [0.1, 0.15) is 32.3 Å². The van der Waals surface area contributed by atoms with Gasteiger partial charge in [0.1, 0.15) is 6.04 Å². The minimum atomic E-state index is -0.615. The highest BCUT2D eigenvalue weighted by molar-refractivity contribution is 7.99. The molecule has 0 saturated carbocycles. The molecular weight excluding hydrogens is 463 g/mol. The van der Waals surface area contributed by atoms with Gasteiger partial charge in [-0.3, -0.25) is 9.59 Å². The van der Waals surface area contributed by atoms with Gasteiger partial charge in [0, 0.05) is 45.2 Å². The molecule has 162 valence electrons. The molecule has 30 heavy (non-hydrogen) atoms. The van der Waals surface area contributed by atoms with Gasteiger partial charge in [-0.2, -0.15) is 0 Å². The summed E-state index contributed by atoms with van der Waals surface area (Å²) < 4.78 is 0. The van der Waals surface area contributed by atoms with Gasteiger partial charge < -0.3 is 10.2 Å². The standard InChI is InChI=1S/C22H25Cl3N2O2S/c1-3-11-26-22(29)15(2)27(14-16-4-5-18(24)13-20(16)25)21(28)10-12-30-19-8-6-17(23)7-9-19/h4-9,13,15H,3,10-12,14H2,1-2H3,(H,26,29). The third-order valence-electron chi connectivity index (χ3n) is 4.47. The Balaban J connectivity index is 2.09. The Kier molecular flexibility index (Phi) is 10.3. The van der Waals surface area contributed by atoms with E-state index in [-0.39, 0.29) is 18.4 Å². The van der Waals surface area contributed by atoms with Gasteiger partial charge in [-0.05, 0) is 55.3 Å². The Hall–Kier alpha value is -1.40. The number of benzene rings is 2. The smallest absolute Gasteiger partial charge is 0.242 e. The van der Waals surface area contributed by atoms with E-state index in [0.717, 1.165) is 16.9 Å². The summed E-state index contributed by atoms with van der Waals surface area (Å²) >= 11 is 19.8. The summed E-state index contributed by atoms with van der Waals surface area (Å²) in [6.45, 7) is 4.52. The third-order valence-corrected chi connectivity index (χ3v) is 6.32. The number of halogens is 3. The van der Waals surface area contributed by atoms with E-state index in [9.17, 15) is 9.59 Å². The Bertz CT molecular complexity index is 862. The number of hydrogen-bond donors (Lipinski definition) is 1. The molecule has 2 aromatic rings. The first-order chi connectivity index (χ1) is 14.3. The summed E-state index contributed by atoms with van der Waals surface area (Å²) in [5.41, 5.74) is 0.745. The van der Waals surface area contributed by atoms with Crippen LogP contribution in [-0.4, -0.2) is 35.1 Å². The monoisotopic (exact) mass is 486 g/mol. The third kappa shape index (κ3) is 7.69. The molecule has 0 aromatic heterocycles. The molecule has 1 N–H and O–H groups in total. The number of rotatable bonds is 10. The van der Waals surface area contributed by atoms with E-state index in [1.807, 2.05) is 31.2 Å². The van der Waals surface area contributed by atoms with Crippen LogP contribution >= 0.6 is 46.6 Å². The molecule has 0 aliphatic heterocycles. The molecule has 0 spiro atoms. The van der Waals surface area contributed by atoms with Crippen molar-refractivity contribution in [1.82, 2.24) is 10.2 Å². The first kappa shape index (κ1) is 24.9. The lowest BCUT2D eigenvalue weighted by molar-refractivity contribution is -0.140. The van der Waals surface area contributed by atoms with Crippen LogP contribution in [0.4, 0.5) is 0 Å². The molecular formula is C22H25Cl3N2O2S. The number of carbonyl (C=O) groups is 2. The Morgan fingerprint density at radius 1 is 1.07 bits per heavy atom. The van der Waals surface area contributed by atoms with Crippen LogP contribution in [0.15, 0.2) is 47.4 Å². The molecule has 1 unspecified atom stereocenters. The van der Waals surface area contributed by atoms with Crippen molar-refractivity contribution in [1.29, 1.82) is 0 Å². The Labute approximate surface area is 197 Å². The topological polar surface area (TPSA) is 49.4 Å². The lowest BCUT2D eigenvalue weighted by Gasteiger charge is -2.29. The predicted molar refractivity (Wildman–Crippen MR) is 127 cm³/mol. The molecule has 0 bridgehead atoms. The minimum Gasteiger partial charge on any atom is -0.354 e. The van der Waals surface area contributed by atoms with Crippen molar-refractivity contribution in [2.24, 2.45) is 0 Å². The molecule has 0 radical (unpaired) electrons. The first-order valence-electron chi connectivity index (χ1n) is 9.71. The second kappa shape index (κ2) is 12.5. The van der Waals surface area contributed by atoms with E-state index in [1.54, 1.807) is 41.8 Å². The van der Waals surface area contributed by atoms with E-state index in [4.69, 9.17) is 34.8 Å². The number of nitrogens with zero attached hydrogens (tertiary/aromatic N) is 1. The summed E-state index contributed by atoms with van der Waals surface area (Å²) in [7, 11) is 0. The summed E-state index contributed by atoms with van der Waals surface area (Å²) in [5.74, 6) is 0.302. The van der Waals surface area contributed by atoms with E-state index in [1.165, 1.54) is 0 Å². The van der Waals surface area contributed by atoms with Crippen molar-refractivity contribution >= 4 is 58.4 Å². The molecule has 2 rings (SSSR count). The molecule has 2 aromatic carbocycles. The fraction of sp³-hybridized carbons (Fsp3) is 0.364. The van der Waals surface area contributed by atoms with Crippen LogP contribution in [0.5, 0.6) is 0 Å². The van der Waals surface area contributed by atoms with Crippen LogP contribution < -0.4 is 5.32 Å². The molecule has 0 aliphatic carbocycles. The van der Waals surface area contributed by atoms with E-state index < -0.39 is 6.04 Å². The van der Waals surface area contributed by atoms with Crippen LogP contribution in [0.2, 0.25) is 15.1 Å². The van der Waals surface area contributed by atoms with Crippen molar-refractivity contribution in [2.45, 2.75) is 44.2 Å². The van der Waals surface area contributed by atoms with Crippen molar-refractivity contribution < 1.29 is 9.59 Å². The SMILES string of the molecule is CCCNC(=O)C(C)N(Cc1ccc(Cl)cc1Cl)C(=O)CCSc1ccc(Cl)cc1. The fourth-order valence-corrected chi connectivity index (χ4v) is 4.18. The second-order valence-corrected chi connectivity index (χ2v) is 9.23. The van der Waals surface area contributed by atoms with E-state index >= 15 is 0 Å². The van der Waals surface area contributed by atoms with Crippen molar-refractivity contribution in [2.75, 3.05) is 12.3 Å². The number of hydrogen-bond acceptors (Lipinski definition) is 3. The maximum absolute atomic E-state index is 13.0. The molecule has 0 saturated heterocycles. The predicted octanol–water partition coefficient (Wildman–Crippen LogP) is 6.07. The highest BCUT2D eigenvalue weighted by atomic mass is 35.5. The highest BCUT2D eigenvalue weighted by Gasteiger charge is 2.26. The fourth-order valence-electron chi connectivity index (χ4n) is 2.74. The lowest BCUT2D eigenvalue weighted by Crippen LogP contribution is -2.47.